The first kappa shape index (κ1) is 19.9. The van der Waals surface area contributed by atoms with Crippen LogP contribution in [0.3, 0.4) is 0 Å². The van der Waals surface area contributed by atoms with E-state index in [2.05, 4.69) is 19.9 Å². The van der Waals surface area contributed by atoms with E-state index in [0.29, 0.717) is 0 Å². The molecule has 0 aliphatic carbocycles. The lowest BCUT2D eigenvalue weighted by Crippen LogP contribution is -2.16. The molecule has 1 atom stereocenters. The van der Waals surface area contributed by atoms with Gasteiger partial charge in [-0.25, -0.2) is 0 Å². The average molecular weight is 296 g/mol. The lowest BCUT2D eigenvalue weighted by molar-refractivity contribution is -0.150. The van der Waals surface area contributed by atoms with Crippen LogP contribution in [0.1, 0.15) is 85.5 Å². The molecule has 0 radical (unpaired) electrons. The minimum atomic E-state index is -0.411. The zero-order chi connectivity index (χ0) is 16.1. The summed E-state index contributed by atoms with van der Waals surface area (Å²) in [4.78, 5) is 22.1. The van der Waals surface area contributed by atoms with Gasteiger partial charge in [0.25, 0.3) is 0 Å². The van der Waals surface area contributed by atoms with Crippen LogP contribution in [0.15, 0.2) is 11.6 Å². The van der Waals surface area contributed by atoms with Crippen molar-refractivity contribution >= 4 is 11.8 Å². The molecule has 3 nitrogen and oxygen atoms in total. The maximum absolute atomic E-state index is 11.3. The molecule has 0 saturated carbocycles. The SMILES string of the molecule is CCCCCCCC(C)=CCCC(C)OC(=O)CC(C)=O. The molecule has 3 heteroatoms. The summed E-state index contributed by atoms with van der Waals surface area (Å²) in [5.74, 6) is -0.558. The minimum absolute atomic E-state index is 0.114. The first-order valence-corrected chi connectivity index (χ1v) is 8.30. The summed E-state index contributed by atoms with van der Waals surface area (Å²) in [6.07, 6.45) is 11.5. The Kier molecular flexibility index (Phi) is 11.9. The quantitative estimate of drug-likeness (QED) is 0.221. The minimum Gasteiger partial charge on any atom is -0.462 e. The number of unbranched alkanes of at least 4 members (excludes halogenated alkanes) is 4. The molecule has 0 amide bonds. The van der Waals surface area contributed by atoms with Crippen LogP contribution in [-0.4, -0.2) is 17.9 Å². The number of rotatable bonds is 12. The molecule has 0 bridgehead atoms. The van der Waals surface area contributed by atoms with Gasteiger partial charge in [0.2, 0.25) is 0 Å². The zero-order valence-electron chi connectivity index (χ0n) is 14.2. The molecule has 21 heavy (non-hydrogen) atoms. The number of carbonyl (C=O) groups excluding carboxylic acids is 2. The summed E-state index contributed by atoms with van der Waals surface area (Å²) in [7, 11) is 0. The van der Waals surface area contributed by atoms with Crippen molar-refractivity contribution in [2.75, 3.05) is 0 Å². The number of hydrogen-bond donors (Lipinski definition) is 0. The molecule has 0 aromatic carbocycles. The van der Waals surface area contributed by atoms with Crippen LogP contribution >= 0.6 is 0 Å². The summed E-state index contributed by atoms with van der Waals surface area (Å²) < 4.78 is 5.18. The number of esters is 1. The molecule has 0 N–H and O–H groups in total. The van der Waals surface area contributed by atoms with Gasteiger partial charge < -0.3 is 4.74 Å². The van der Waals surface area contributed by atoms with Crippen molar-refractivity contribution < 1.29 is 14.3 Å². The molecule has 0 fully saturated rings. The van der Waals surface area contributed by atoms with E-state index in [1.54, 1.807) is 0 Å². The highest BCUT2D eigenvalue weighted by molar-refractivity contribution is 5.94. The summed E-state index contributed by atoms with van der Waals surface area (Å²) in [6.45, 7) is 7.69. The van der Waals surface area contributed by atoms with E-state index in [-0.39, 0.29) is 18.3 Å². The molecule has 0 heterocycles. The fourth-order valence-electron chi connectivity index (χ4n) is 2.20. The molecule has 0 spiro atoms. The van der Waals surface area contributed by atoms with Crippen LogP contribution < -0.4 is 0 Å². The van der Waals surface area contributed by atoms with Crippen LogP contribution in [0, 0.1) is 0 Å². The van der Waals surface area contributed by atoms with Crippen molar-refractivity contribution in [3.63, 3.8) is 0 Å². The molecule has 0 aromatic heterocycles. The number of ether oxygens (including phenoxy) is 1. The first-order valence-electron chi connectivity index (χ1n) is 8.30. The first-order chi connectivity index (χ1) is 9.95. The van der Waals surface area contributed by atoms with E-state index in [4.69, 9.17) is 4.74 Å². The zero-order valence-corrected chi connectivity index (χ0v) is 14.2. The highest BCUT2D eigenvalue weighted by Crippen LogP contribution is 2.13. The fraction of sp³-hybridized carbons (Fsp3) is 0.778. The smallest absolute Gasteiger partial charge is 0.313 e. The van der Waals surface area contributed by atoms with E-state index in [1.165, 1.54) is 51.0 Å². The van der Waals surface area contributed by atoms with Gasteiger partial charge in [-0.2, -0.15) is 0 Å². The molecule has 0 aromatic rings. The molecule has 122 valence electrons. The Hall–Kier alpha value is -1.12. The third-order valence-electron chi connectivity index (χ3n) is 3.47. The van der Waals surface area contributed by atoms with Crippen LogP contribution in [-0.2, 0) is 14.3 Å². The number of allylic oxidation sites excluding steroid dienone is 2. The maximum atomic E-state index is 11.3. The van der Waals surface area contributed by atoms with E-state index in [1.807, 2.05) is 6.92 Å². The second kappa shape index (κ2) is 12.6. The van der Waals surface area contributed by atoms with Crippen LogP contribution in [0.2, 0.25) is 0 Å². The standard InChI is InChI=1S/C18H32O3/c1-5-6-7-8-9-11-15(2)12-10-13-17(4)21-18(20)14-16(3)19/h12,17H,5-11,13-14H2,1-4H3. The summed E-state index contributed by atoms with van der Waals surface area (Å²) in [5.41, 5.74) is 1.42. The molecule has 0 aliphatic rings. The third kappa shape index (κ3) is 13.6. The normalized spacial score (nSPS) is 13.0. The largest absolute Gasteiger partial charge is 0.462 e. The van der Waals surface area contributed by atoms with Gasteiger partial charge in [-0.3, -0.25) is 9.59 Å². The van der Waals surface area contributed by atoms with Gasteiger partial charge in [-0.1, -0.05) is 44.3 Å². The number of carbonyl (C=O) groups is 2. The highest BCUT2D eigenvalue weighted by Gasteiger charge is 2.10. The van der Waals surface area contributed by atoms with Crippen molar-refractivity contribution in [3.05, 3.63) is 11.6 Å². The topological polar surface area (TPSA) is 43.4 Å². The third-order valence-corrected chi connectivity index (χ3v) is 3.47. The van der Waals surface area contributed by atoms with Crippen LogP contribution in [0.4, 0.5) is 0 Å². The maximum Gasteiger partial charge on any atom is 0.313 e. The van der Waals surface area contributed by atoms with Crippen molar-refractivity contribution in [1.82, 2.24) is 0 Å². The Labute approximate surface area is 130 Å². The molecule has 0 rings (SSSR count). The lowest BCUT2D eigenvalue weighted by Gasteiger charge is -2.11. The van der Waals surface area contributed by atoms with E-state index >= 15 is 0 Å². The van der Waals surface area contributed by atoms with Gasteiger partial charge in [-0.15, -0.1) is 0 Å². The van der Waals surface area contributed by atoms with Crippen molar-refractivity contribution in [3.8, 4) is 0 Å². The van der Waals surface area contributed by atoms with E-state index in [0.717, 1.165) is 12.8 Å². The summed E-state index contributed by atoms with van der Waals surface area (Å²) in [6, 6.07) is 0. The van der Waals surface area contributed by atoms with Crippen LogP contribution in [0.25, 0.3) is 0 Å². The van der Waals surface area contributed by atoms with Gasteiger partial charge in [0, 0.05) is 0 Å². The summed E-state index contributed by atoms with van der Waals surface area (Å²) >= 11 is 0. The Morgan fingerprint density at radius 1 is 1.10 bits per heavy atom. The second-order valence-corrected chi connectivity index (χ2v) is 5.97. The predicted molar refractivity (Wildman–Crippen MR) is 87.2 cm³/mol. The van der Waals surface area contributed by atoms with Gasteiger partial charge in [-0.05, 0) is 46.5 Å². The Morgan fingerprint density at radius 3 is 2.38 bits per heavy atom. The predicted octanol–water partition coefficient (Wildman–Crippen LogP) is 4.98. The second-order valence-electron chi connectivity index (χ2n) is 5.97. The molecule has 0 saturated heterocycles. The monoisotopic (exact) mass is 296 g/mol. The van der Waals surface area contributed by atoms with E-state index < -0.39 is 5.97 Å². The Bertz CT molecular complexity index is 331. The Balaban J connectivity index is 3.71. The summed E-state index contributed by atoms with van der Waals surface area (Å²) in [5, 5.41) is 0. The Morgan fingerprint density at radius 2 is 1.76 bits per heavy atom. The molecule has 1 unspecified atom stereocenters. The fourth-order valence-corrected chi connectivity index (χ4v) is 2.20. The van der Waals surface area contributed by atoms with Crippen molar-refractivity contribution in [1.29, 1.82) is 0 Å². The molecular weight excluding hydrogens is 264 g/mol. The van der Waals surface area contributed by atoms with Gasteiger partial charge in [0.15, 0.2) is 0 Å². The average Bonchev–Trinajstić information content (AvgIpc) is 2.37. The van der Waals surface area contributed by atoms with Crippen molar-refractivity contribution in [2.24, 2.45) is 0 Å². The van der Waals surface area contributed by atoms with E-state index in [9.17, 15) is 9.59 Å². The lowest BCUT2D eigenvalue weighted by atomic mass is 10.0. The van der Waals surface area contributed by atoms with Crippen molar-refractivity contribution in [2.45, 2.75) is 91.6 Å². The highest BCUT2D eigenvalue weighted by atomic mass is 16.5. The number of hydrogen-bond acceptors (Lipinski definition) is 3. The molecule has 0 aliphatic heterocycles. The molecular formula is C18H32O3. The van der Waals surface area contributed by atoms with Gasteiger partial charge in [0.05, 0.1) is 6.10 Å². The van der Waals surface area contributed by atoms with Gasteiger partial charge in [0.1, 0.15) is 12.2 Å². The van der Waals surface area contributed by atoms with Gasteiger partial charge >= 0.3 is 5.97 Å². The van der Waals surface area contributed by atoms with Crippen LogP contribution in [0.5, 0.6) is 0 Å². The number of ketones is 1. The number of Topliss-reactive ketones (excluding diaryl/α,β-unsaturated/α-hetero) is 1.